The number of benzene rings is 1. The number of hydrogen-bond donors (Lipinski definition) is 0. The van der Waals surface area contributed by atoms with E-state index in [4.69, 9.17) is 6.42 Å². The van der Waals surface area contributed by atoms with E-state index in [2.05, 4.69) is 21.9 Å². The van der Waals surface area contributed by atoms with Gasteiger partial charge in [0.25, 0.3) is 11.7 Å². The molecular weight excluding hydrogens is 301 g/mol. The summed E-state index contributed by atoms with van der Waals surface area (Å²) in [4.78, 5) is 24.8. The minimum Gasteiger partial charge on any atom is -0.305 e. The number of Topliss-reactive ketones (excluding diaryl/α,β-unsaturated/α-hetero) is 1. The molecule has 0 bridgehead atoms. The summed E-state index contributed by atoms with van der Waals surface area (Å²) in [5.74, 6) is 0.725. The van der Waals surface area contributed by atoms with Crippen LogP contribution in [0.1, 0.15) is 23.2 Å². The maximum absolute atomic E-state index is 13.5. The Hall–Kier alpha value is -1.67. The number of fused-ring (bicyclic) bond motifs is 1. The van der Waals surface area contributed by atoms with Crippen molar-refractivity contribution >= 4 is 33.3 Å². The zero-order chi connectivity index (χ0) is 13.3. The third-order valence-electron chi connectivity index (χ3n) is 2.72. The van der Waals surface area contributed by atoms with E-state index in [0.717, 1.165) is 0 Å². The molecule has 0 N–H and O–H groups in total. The monoisotopic (exact) mass is 309 g/mol. The van der Waals surface area contributed by atoms with Gasteiger partial charge in [-0.2, -0.15) is 0 Å². The van der Waals surface area contributed by atoms with Crippen LogP contribution in [0.25, 0.3) is 0 Å². The van der Waals surface area contributed by atoms with Crippen molar-refractivity contribution < 1.29 is 14.0 Å². The largest absolute Gasteiger partial charge is 0.305 e. The van der Waals surface area contributed by atoms with Crippen molar-refractivity contribution in [3.05, 3.63) is 28.0 Å². The predicted molar refractivity (Wildman–Crippen MR) is 68.9 cm³/mol. The topological polar surface area (TPSA) is 37.4 Å². The molecule has 1 amide bonds. The molecule has 0 saturated carbocycles. The van der Waals surface area contributed by atoms with Gasteiger partial charge in [0.15, 0.2) is 0 Å². The number of nitrogens with zero attached hydrogens (tertiary/aromatic N) is 1. The number of unbranched alkanes of at least 4 members (excludes halogenated alkanes) is 1. The highest BCUT2D eigenvalue weighted by Crippen LogP contribution is 2.33. The van der Waals surface area contributed by atoms with E-state index in [9.17, 15) is 14.0 Å². The third kappa shape index (κ3) is 2.04. The molecule has 0 aromatic heterocycles. The van der Waals surface area contributed by atoms with E-state index in [1.54, 1.807) is 0 Å². The van der Waals surface area contributed by atoms with Crippen LogP contribution in [-0.4, -0.2) is 18.2 Å². The summed E-state index contributed by atoms with van der Waals surface area (Å²) >= 11 is 3.00. The van der Waals surface area contributed by atoms with Crippen LogP contribution in [-0.2, 0) is 4.79 Å². The minimum absolute atomic E-state index is 0.174. The van der Waals surface area contributed by atoms with E-state index in [-0.39, 0.29) is 10.0 Å². The maximum Gasteiger partial charge on any atom is 0.299 e. The van der Waals surface area contributed by atoms with Crippen molar-refractivity contribution in [1.29, 1.82) is 0 Å². The minimum atomic E-state index is -0.625. The summed E-state index contributed by atoms with van der Waals surface area (Å²) < 4.78 is 13.6. The predicted octanol–water partition coefficient (Wildman–Crippen LogP) is 2.53. The lowest BCUT2D eigenvalue weighted by molar-refractivity contribution is -0.114. The molecule has 0 spiro atoms. The maximum atomic E-state index is 13.5. The van der Waals surface area contributed by atoms with Crippen molar-refractivity contribution in [2.24, 2.45) is 0 Å². The zero-order valence-electron chi connectivity index (χ0n) is 9.37. The average molecular weight is 310 g/mol. The molecule has 18 heavy (non-hydrogen) atoms. The highest BCUT2D eigenvalue weighted by atomic mass is 79.9. The van der Waals surface area contributed by atoms with Crippen LogP contribution < -0.4 is 4.90 Å². The molecule has 0 fully saturated rings. The van der Waals surface area contributed by atoms with Gasteiger partial charge in [0.1, 0.15) is 5.82 Å². The Kier molecular flexibility index (Phi) is 3.48. The number of anilines is 1. The number of amides is 1. The van der Waals surface area contributed by atoms with Gasteiger partial charge in [-0.3, -0.25) is 9.59 Å². The standard InChI is InChI=1S/C13H9BrFNO2/c1-2-3-4-5-16-11-7-10(15)9(14)6-8(11)12(17)13(16)18/h1,6-7H,3-5H2. The fraction of sp³-hybridized carbons (Fsp3) is 0.231. The fourth-order valence-corrected chi connectivity index (χ4v) is 2.19. The lowest BCUT2D eigenvalue weighted by atomic mass is 10.1. The van der Waals surface area contributed by atoms with Crippen LogP contribution in [0, 0.1) is 18.2 Å². The molecule has 1 aliphatic rings. The first kappa shape index (κ1) is 12.8. The smallest absolute Gasteiger partial charge is 0.299 e. The van der Waals surface area contributed by atoms with E-state index in [1.165, 1.54) is 17.0 Å². The van der Waals surface area contributed by atoms with Gasteiger partial charge >= 0.3 is 0 Å². The second-order valence-electron chi connectivity index (χ2n) is 3.88. The molecule has 1 aromatic carbocycles. The average Bonchev–Trinajstić information content (AvgIpc) is 2.56. The van der Waals surface area contributed by atoms with Crippen molar-refractivity contribution in [3.63, 3.8) is 0 Å². The van der Waals surface area contributed by atoms with Gasteiger partial charge in [-0.15, -0.1) is 12.3 Å². The van der Waals surface area contributed by atoms with Gasteiger partial charge in [-0.05, 0) is 34.5 Å². The van der Waals surface area contributed by atoms with Crippen LogP contribution in [0.15, 0.2) is 16.6 Å². The number of halogens is 2. The summed E-state index contributed by atoms with van der Waals surface area (Å²) in [6, 6.07) is 2.53. The zero-order valence-corrected chi connectivity index (χ0v) is 11.0. The Bertz CT molecular complexity index is 577. The number of carbonyl (C=O) groups excluding carboxylic acids is 2. The lowest BCUT2D eigenvalue weighted by Gasteiger charge is -2.15. The molecule has 5 heteroatoms. The summed E-state index contributed by atoms with van der Waals surface area (Å²) in [5, 5.41) is 0. The van der Waals surface area contributed by atoms with Crippen LogP contribution in [0.2, 0.25) is 0 Å². The normalized spacial score (nSPS) is 13.7. The van der Waals surface area contributed by atoms with Gasteiger partial charge in [0.2, 0.25) is 0 Å². The van der Waals surface area contributed by atoms with E-state index < -0.39 is 17.5 Å². The van der Waals surface area contributed by atoms with Gasteiger partial charge in [0.05, 0.1) is 15.7 Å². The Morgan fingerprint density at radius 2 is 2.11 bits per heavy atom. The quantitative estimate of drug-likeness (QED) is 0.489. The van der Waals surface area contributed by atoms with E-state index in [1.807, 2.05) is 0 Å². The number of terminal acetylenes is 1. The molecular formula is C13H9BrFNO2. The summed E-state index contributed by atoms with van der Waals surface area (Å²) in [5.41, 5.74) is 0.553. The van der Waals surface area contributed by atoms with Crippen molar-refractivity contribution in [1.82, 2.24) is 0 Å². The first-order valence-electron chi connectivity index (χ1n) is 5.35. The summed E-state index contributed by atoms with van der Waals surface area (Å²) in [6.07, 6.45) is 6.21. The molecule has 1 heterocycles. The molecule has 2 rings (SSSR count). The number of rotatable bonds is 3. The van der Waals surface area contributed by atoms with Crippen molar-refractivity contribution in [3.8, 4) is 12.3 Å². The molecule has 1 aliphatic heterocycles. The van der Waals surface area contributed by atoms with Crippen molar-refractivity contribution in [2.75, 3.05) is 11.4 Å². The number of ketones is 1. The molecule has 0 aliphatic carbocycles. The second kappa shape index (κ2) is 4.91. The number of carbonyl (C=O) groups is 2. The first-order chi connectivity index (χ1) is 8.56. The molecule has 0 radical (unpaired) electrons. The highest BCUT2D eigenvalue weighted by molar-refractivity contribution is 9.10. The van der Waals surface area contributed by atoms with Gasteiger partial charge < -0.3 is 4.90 Å². The molecule has 0 unspecified atom stereocenters. The van der Waals surface area contributed by atoms with Gasteiger partial charge in [-0.25, -0.2) is 4.39 Å². The molecule has 0 saturated heterocycles. The SMILES string of the molecule is C#CCCCN1C(=O)C(=O)c2cc(Br)c(F)cc21. The van der Waals surface area contributed by atoms with Crippen molar-refractivity contribution in [2.45, 2.75) is 12.8 Å². The summed E-state index contributed by atoms with van der Waals surface area (Å²) in [7, 11) is 0. The Labute approximate surface area is 112 Å². The first-order valence-corrected chi connectivity index (χ1v) is 6.14. The highest BCUT2D eigenvalue weighted by Gasteiger charge is 2.36. The Morgan fingerprint density at radius 1 is 1.39 bits per heavy atom. The number of hydrogen-bond acceptors (Lipinski definition) is 2. The molecule has 0 atom stereocenters. The molecule has 3 nitrogen and oxygen atoms in total. The Morgan fingerprint density at radius 3 is 2.78 bits per heavy atom. The van der Waals surface area contributed by atoms with Gasteiger partial charge in [-0.1, -0.05) is 0 Å². The molecule has 92 valence electrons. The second-order valence-corrected chi connectivity index (χ2v) is 4.73. The summed E-state index contributed by atoms with van der Waals surface area (Å²) in [6.45, 7) is 0.322. The lowest BCUT2D eigenvalue weighted by Crippen LogP contribution is -2.30. The van der Waals surface area contributed by atoms with Crippen LogP contribution in [0.4, 0.5) is 10.1 Å². The van der Waals surface area contributed by atoms with Gasteiger partial charge in [0, 0.05) is 13.0 Å². The van der Waals surface area contributed by atoms with E-state index in [0.29, 0.717) is 25.1 Å². The molecule has 1 aromatic rings. The fourth-order valence-electron chi connectivity index (χ4n) is 1.85. The van der Waals surface area contributed by atoms with E-state index >= 15 is 0 Å². The van der Waals surface area contributed by atoms with Crippen LogP contribution in [0.5, 0.6) is 0 Å². The third-order valence-corrected chi connectivity index (χ3v) is 3.32. The van der Waals surface area contributed by atoms with Crippen LogP contribution >= 0.6 is 15.9 Å². The Balaban J connectivity index is 2.36. The van der Waals surface area contributed by atoms with Crippen LogP contribution in [0.3, 0.4) is 0 Å².